The summed E-state index contributed by atoms with van der Waals surface area (Å²) in [6.07, 6.45) is 3.13. The number of carbonyl (C=O) groups excluding carboxylic acids is 1. The quantitative estimate of drug-likeness (QED) is 0.304. The predicted molar refractivity (Wildman–Crippen MR) is 110 cm³/mol. The monoisotopic (exact) mass is 459 g/mol. The molecule has 1 N–H and O–H groups in total. The summed E-state index contributed by atoms with van der Waals surface area (Å²) in [5.41, 5.74) is 2.63. The van der Waals surface area contributed by atoms with Crippen molar-refractivity contribution in [3.63, 3.8) is 0 Å². The number of benzene rings is 2. The molecule has 0 unspecified atom stereocenters. The number of aromatic nitrogens is 2. The van der Waals surface area contributed by atoms with Crippen LogP contribution < -0.4 is 10.1 Å². The Morgan fingerprint density at radius 2 is 1.82 bits per heavy atom. The lowest BCUT2D eigenvalue weighted by Crippen LogP contribution is -2.10. The molecule has 0 bridgehead atoms. The molecule has 2 heterocycles. The molecule has 10 heteroatoms. The molecule has 0 saturated carbocycles. The highest BCUT2D eigenvalue weighted by molar-refractivity contribution is 6.02. The van der Waals surface area contributed by atoms with Gasteiger partial charge >= 0.3 is 0 Å². The number of nitrogens with one attached hydrogen (secondary N) is 1. The second-order valence-corrected chi connectivity index (χ2v) is 7.16. The Bertz CT molecular complexity index is 1290. The first-order valence-corrected chi connectivity index (χ1v) is 9.74. The SMILES string of the molecule is Cc1ccccc1Cn1cc(NC(=O)c2ccc(COc3c(F)c(F)cc(F)c3F)o2)cn1. The zero-order chi connectivity index (χ0) is 23.5. The lowest BCUT2D eigenvalue weighted by atomic mass is 10.1. The number of amides is 1. The second kappa shape index (κ2) is 9.19. The van der Waals surface area contributed by atoms with Crippen LogP contribution in [-0.2, 0) is 13.2 Å². The Hall–Kier alpha value is -4.08. The van der Waals surface area contributed by atoms with Crippen LogP contribution in [0.3, 0.4) is 0 Å². The molecule has 0 fully saturated rings. The first kappa shape index (κ1) is 22.1. The predicted octanol–water partition coefficient (Wildman–Crippen LogP) is 5.22. The maximum atomic E-state index is 13.7. The van der Waals surface area contributed by atoms with Crippen LogP contribution in [0.4, 0.5) is 23.2 Å². The Morgan fingerprint density at radius 1 is 1.09 bits per heavy atom. The molecule has 0 atom stereocenters. The summed E-state index contributed by atoms with van der Waals surface area (Å²) >= 11 is 0. The number of ether oxygens (including phenoxy) is 1. The van der Waals surface area contributed by atoms with E-state index in [2.05, 4.69) is 10.4 Å². The number of anilines is 1. The zero-order valence-electron chi connectivity index (χ0n) is 17.2. The Kier molecular flexibility index (Phi) is 6.16. The highest BCUT2D eigenvalue weighted by Crippen LogP contribution is 2.27. The van der Waals surface area contributed by atoms with E-state index in [1.165, 1.54) is 18.3 Å². The fourth-order valence-electron chi connectivity index (χ4n) is 3.07. The molecule has 0 aliphatic rings. The summed E-state index contributed by atoms with van der Waals surface area (Å²) in [4.78, 5) is 12.4. The molecular weight excluding hydrogens is 442 g/mol. The molecule has 4 rings (SSSR count). The van der Waals surface area contributed by atoms with Crippen molar-refractivity contribution in [2.45, 2.75) is 20.1 Å². The van der Waals surface area contributed by atoms with Gasteiger partial charge in [0.15, 0.2) is 23.1 Å². The van der Waals surface area contributed by atoms with E-state index in [9.17, 15) is 22.4 Å². The molecule has 2 aromatic heterocycles. The van der Waals surface area contributed by atoms with Crippen LogP contribution in [0.15, 0.2) is 59.3 Å². The van der Waals surface area contributed by atoms with E-state index in [4.69, 9.17) is 9.15 Å². The third-order valence-corrected chi connectivity index (χ3v) is 4.80. The van der Waals surface area contributed by atoms with E-state index in [1.807, 2.05) is 31.2 Å². The average molecular weight is 459 g/mol. The summed E-state index contributed by atoms with van der Waals surface area (Å²) in [5.74, 6) is -8.41. The molecule has 0 aliphatic carbocycles. The van der Waals surface area contributed by atoms with Gasteiger partial charge in [-0.05, 0) is 30.2 Å². The third kappa shape index (κ3) is 4.89. The van der Waals surface area contributed by atoms with Gasteiger partial charge in [0.25, 0.3) is 5.91 Å². The molecule has 170 valence electrons. The van der Waals surface area contributed by atoms with Crippen molar-refractivity contribution in [1.82, 2.24) is 9.78 Å². The van der Waals surface area contributed by atoms with Gasteiger partial charge in [-0.2, -0.15) is 13.9 Å². The van der Waals surface area contributed by atoms with Gasteiger partial charge in [-0.25, -0.2) is 8.78 Å². The van der Waals surface area contributed by atoms with Gasteiger partial charge in [0.2, 0.25) is 11.6 Å². The van der Waals surface area contributed by atoms with Crippen molar-refractivity contribution in [3.05, 3.63) is 101 Å². The normalized spacial score (nSPS) is 10.9. The minimum atomic E-state index is -1.67. The largest absolute Gasteiger partial charge is 0.479 e. The zero-order valence-corrected chi connectivity index (χ0v) is 17.2. The van der Waals surface area contributed by atoms with Crippen molar-refractivity contribution in [2.24, 2.45) is 0 Å². The molecular formula is C23H17F4N3O3. The van der Waals surface area contributed by atoms with E-state index in [0.717, 1.165) is 11.1 Å². The average Bonchev–Trinajstić information content (AvgIpc) is 3.44. The molecule has 4 aromatic rings. The summed E-state index contributed by atoms with van der Waals surface area (Å²) in [6, 6.07) is 10.6. The Balaban J connectivity index is 1.38. The summed E-state index contributed by atoms with van der Waals surface area (Å²) in [6.45, 7) is 1.96. The number of furan rings is 1. The van der Waals surface area contributed by atoms with Crippen molar-refractivity contribution >= 4 is 11.6 Å². The number of hydrogen-bond donors (Lipinski definition) is 1. The minimum absolute atomic E-state index is 0.0128. The molecule has 33 heavy (non-hydrogen) atoms. The standard InChI is InChI=1S/C23H17F4N3O3/c1-13-4-2-3-5-14(13)10-30-11-15(9-28-30)29-23(31)19-7-6-16(33-19)12-32-22-20(26)17(24)8-18(25)21(22)27/h2-9,11H,10,12H2,1H3,(H,29,31). The van der Waals surface area contributed by atoms with Gasteiger partial charge in [-0.1, -0.05) is 24.3 Å². The van der Waals surface area contributed by atoms with Gasteiger partial charge in [0.1, 0.15) is 12.4 Å². The van der Waals surface area contributed by atoms with Crippen LogP contribution in [-0.4, -0.2) is 15.7 Å². The maximum Gasteiger partial charge on any atom is 0.291 e. The second-order valence-electron chi connectivity index (χ2n) is 7.16. The van der Waals surface area contributed by atoms with E-state index in [-0.39, 0.29) is 17.6 Å². The fraction of sp³-hybridized carbons (Fsp3) is 0.130. The van der Waals surface area contributed by atoms with E-state index in [1.54, 1.807) is 10.9 Å². The molecule has 0 radical (unpaired) electrons. The summed E-state index contributed by atoms with van der Waals surface area (Å²) < 4.78 is 65.7. The van der Waals surface area contributed by atoms with Crippen molar-refractivity contribution in [1.29, 1.82) is 0 Å². The lowest BCUT2D eigenvalue weighted by molar-refractivity contribution is 0.0992. The molecule has 6 nitrogen and oxygen atoms in total. The first-order valence-electron chi connectivity index (χ1n) is 9.74. The first-order chi connectivity index (χ1) is 15.8. The number of nitrogens with zero attached hydrogens (tertiary/aromatic N) is 2. The van der Waals surface area contributed by atoms with E-state index < -0.39 is 41.5 Å². The van der Waals surface area contributed by atoms with Crippen LogP contribution in [0.1, 0.15) is 27.4 Å². The maximum absolute atomic E-state index is 13.7. The number of halogens is 4. The molecule has 0 aliphatic heterocycles. The van der Waals surface area contributed by atoms with E-state index in [0.29, 0.717) is 12.2 Å². The van der Waals surface area contributed by atoms with Gasteiger partial charge in [-0.3, -0.25) is 9.48 Å². The fourth-order valence-corrected chi connectivity index (χ4v) is 3.07. The van der Waals surface area contributed by atoms with E-state index >= 15 is 0 Å². The van der Waals surface area contributed by atoms with Crippen LogP contribution in [0.2, 0.25) is 0 Å². The lowest BCUT2D eigenvalue weighted by Gasteiger charge is -2.08. The number of carbonyl (C=O) groups is 1. The minimum Gasteiger partial charge on any atom is -0.479 e. The topological polar surface area (TPSA) is 69.3 Å². The molecule has 2 aromatic carbocycles. The third-order valence-electron chi connectivity index (χ3n) is 4.80. The van der Waals surface area contributed by atoms with Crippen molar-refractivity contribution in [3.8, 4) is 5.75 Å². The number of hydrogen-bond acceptors (Lipinski definition) is 4. The van der Waals surface area contributed by atoms with Crippen LogP contribution in [0, 0.1) is 30.2 Å². The number of aryl methyl sites for hydroxylation is 1. The van der Waals surface area contributed by atoms with Crippen molar-refractivity contribution in [2.75, 3.05) is 5.32 Å². The van der Waals surface area contributed by atoms with Gasteiger partial charge < -0.3 is 14.5 Å². The van der Waals surface area contributed by atoms with Crippen LogP contribution in [0.5, 0.6) is 5.75 Å². The van der Waals surface area contributed by atoms with Gasteiger partial charge in [-0.15, -0.1) is 0 Å². The van der Waals surface area contributed by atoms with Gasteiger partial charge in [0.05, 0.1) is 18.4 Å². The highest BCUT2D eigenvalue weighted by Gasteiger charge is 2.21. The summed E-state index contributed by atoms with van der Waals surface area (Å²) in [5, 5.41) is 6.84. The Morgan fingerprint density at radius 3 is 2.55 bits per heavy atom. The molecule has 1 amide bonds. The van der Waals surface area contributed by atoms with Gasteiger partial charge in [0, 0.05) is 12.3 Å². The van der Waals surface area contributed by atoms with Crippen molar-refractivity contribution < 1.29 is 31.5 Å². The smallest absolute Gasteiger partial charge is 0.291 e. The van der Waals surface area contributed by atoms with Crippen LogP contribution >= 0.6 is 0 Å². The Labute approximate surface area is 185 Å². The highest BCUT2D eigenvalue weighted by atomic mass is 19.2. The summed E-state index contributed by atoms with van der Waals surface area (Å²) in [7, 11) is 0. The molecule has 0 spiro atoms. The number of rotatable bonds is 7. The van der Waals surface area contributed by atoms with Crippen LogP contribution in [0.25, 0.3) is 0 Å². The molecule has 0 saturated heterocycles.